The lowest BCUT2D eigenvalue weighted by atomic mass is 9.73. The first-order valence-electron chi connectivity index (χ1n) is 17.9. The van der Waals surface area contributed by atoms with Crippen molar-refractivity contribution in [3.63, 3.8) is 0 Å². The summed E-state index contributed by atoms with van der Waals surface area (Å²) < 4.78 is 52.3. The van der Waals surface area contributed by atoms with Crippen LogP contribution in [0.4, 0.5) is 0 Å². The molecule has 1 fully saturated rings. The van der Waals surface area contributed by atoms with Crippen LogP contribution in [0.5, 0.6) is 0 Å². The maximum Gasteiger partial charge on any atom is 0.472 e. The molecule has 0 amide bonds. The van der Waals surface area contributed by atoms with Crippen LogP contribution in [0, 0.1) is 5.41 Å². The summed E-state index contributed by atoms with van der Waals surface area (Å²) in [7, 11) is -5.28. The minimum atomic E-state index is -5.28. The first-order chi connectivity index (χ1) is 24.3. The molecule has 1 aliphatic heterocycles. The average molecular weight is 727 g/mol. The van der Waals surface area contributed by atoms with Crippen molar-refractivity contribution in [1.82, 2.24) is 0 Å². The molecule has 2 N–H and O–H groups in total. The highest BCUT2D eigenvalue weighted by atomic mass is 31.2. The number of benzene rings is 3. The van der Waals surface area contributed by atoms with Gasteiger partial charge in [-0.1, -0.05) is 118 Å². The lowest BCUT2D eigenvalue weighted by molar-refractivity contribution is -0.398. The molecule has 1 aliphatic rings. The van der Waals surface area contributed by atoms with Gasteiger partial charge in [-0.2, -0.15) is 0 Å². The number of carbonyl (C=O) groups excluding carboxylic acids is 1. The second kappa shape index (κ2) is 18.7. The van der Waals surface area contributed by atoms with Gasteiger partial charge in [-0.3, -0.25) is 4.79 Å². The van der Waals surface area contributed by atoms with E-state index >= 15 is 0 Å². The summed E-state index contributed by atoms with van der Waals surface area (Å²) in [4.78, 5) is 35.2. The number of ether oxygens (including phenoxy) is 5. The zero-order valence-corrected chi connectivity index (χ0v) is 31.5. The van der Waals surface area contributed by atoms with E-state index in [2.05, 4.69) is 0 Å². The van der Waals surface area contributed by atoms with Gasteiger partial charge in [-0.05, 0) is 56.7 Å². The Morgan fingerprint density at radius 3 is 1.75 bits per heavy atom. The van der Waals surface area contributed by atoms with E-state index in [4.69, 9.17) is 28.2 Å². The number of phosphoric acid groups is 1. The molecule has 0 spiro atoms. The van der Waals surface area contributed by atoms with Gasteiger partial charge in [-0.25, -0.2) is 9.09 Å². The van der Waals surface area contributed by atoms with Gasteiger partial charge in [0.2, 0.25) is 5.79 Å². The fraction of sp³-hybridized carbons (Fsp3) is 0.525. The maximum absolute atomic E-state index is 14.1. The van der Waals surface area contributed by atoms with Gasteiger partial charge < -0.3 is 33.5 Å². The topological polar surface area (TPSA) is 130 Å². The van der Waals surface area contributed by atoms with E-state index in [1.54, 1.807) is 20.8 Å². The molecule has 4 rings (SSSR count). The molecular weight excluding hydrogens is 671 g/mol. The Morgan fingerprint density at radius 2 is 1.25 bits per heavy atom. The minimum Gasteiger partial charge on any atom is -0.450 e. The van der Waals surface area contributed by atoms with Crippen LogP contribution in [-0.4, -0.2) is 52.1 Å². The molecule has 0 aromatic heterocycles. The number of rotatable bonds is 19. The fourth-order valence-electron chi connectivity index (χ4n) is 6.33. The van der Waals surface area contributed by atoms with Crippen LogP contribution < -0.4 is 0 Å². The molecule has 1 saturated heterocycles. The summed E-state index contributed by atoms with van der Waals surface area (Å²) in [5, 5.41) is 0. The van der Waals surface area contributed by atoms with Crippen LogP contribution in [0.1, 0.15) is 89.8 Å². The minimum absolute atomic E-state index is 0.00152. The van der Waals surface area contributed by atoms with Gasteiger partial charge in [0.25, 0.3) is 0 Å². The summed E-state index contributed by atoms with van der Waals surface area (Å²) in [6.07, 6.45) is -0.593. The summed E-state index contributed by atoms with van der Waals surface area (Å²) in [6, 6.07) is 28.8. The molecule has 0 aliphatic carbocycles. The van der Waals surface area contributed by atoms with Crippen molar-refractivity contribution >= 4 is 13.8 Å². The van der Waals surface area contributed by atoms with Crippen molar-refractivity contribution in [2.45, 2.75) is 123 Å². The molecule has 0 radical (unpaired) electrons. The van der Waals surface area contributed by atoms with Crippen LogP contribution in [0.15, 0.2) is 91.0 Å². The van der Waals surface area contributed by atoms with Crippen molar-refractivity contribution < 1.29 is 47.4 Å². The normalized spacial score (nSPS) is 23.9. The Kier molecular flexibility index (Phi) is 15.0. The molecule has 10 nitrogen and oxygen atoms in total. The molecule has 3 aromatic carbocycles. The van der Waals surface area contributed by atoms with E-state index in [0.29, 0.717) is 25.7 Å². The van der Waals surface area contributed by atoms with Crippen LogP contribution >= 0.6 is 7.82 Å². The van der Waals surface area contributed by atoms with Crippen LogP contribution in [0.25, 0.3) is 0 Å². The zero-order valence-electron chi connectivity index (χ0n) is 30.6. The molecule has 5 atom stereocenters. The first-order valence-corrected chi connectivity index (χ1v) is 19.5. The predicted molar refractivity (Wildman–Crippen MR) is 194 cm³/mol. The summed E-state index contributed by atoms with van der Waals surface area (Å²) in [6.45, 7) is 9.61. The molecule has 0 saturated carbocycles. The smallest absolute Gasteiger partial charge is 0.450 e. The molecule has 1 heterocycles. The molecular formula is C40H55O10P. The van der Waals surface area contributed by atoms with E-state index < -0.39 is 48.9 Å². The summed E-state index contributed by atoms with van der Waals surface area (Å²) >= 11 is 0. The Morgan fingerprint density at radius 1 is 0.765 bits per heavy atom. The highest BCUT2D eigenvalue weighted by molar-refractivity contribution is 7.46. The third-order valence-corrected chi connectivity index (χ3v) is 9.51. The summed E-state index contributed by atoms with van der Waals surface area (Å²) in [5.41, 5.74) is -0.159. The highest BCUT2D eigenvalue weighted by Crippen LogP contribution is 2.56. The lowest BCUT2D eigenvalue weighted by Gasteiger charge is -2.59. The number of esters is 1. The van der Waals surface area contributed by atoms with Crippen LogP contribution in [0.2, 0.25) is 0 Å². The Hall–Kier alpha value is -2.92. The standard InChI is InChI=1S/C40H55O10P/c1-6-8-25-39(49-37(41)38(3,4)5)36(47-29-33-23-17-12-18-24-33)35(46-28-32-21-15-11-16-22-32)34(30-45-27-31-19-13-10-14-20-31)48-40(39,26-9-7-2)50-51(42,43)44/h10-24,34-36H,6-9,25-30H2,1-5H3,(H2,42,43,44)/t34-,35+,36-,39-,40-/m1/s1. The second-order valence-corrected chi connectivity index (χ2v) is 15.4. The Labute approximate surface area is 303 Å². The predicted octanol–water partition coefficient (Wildman–Crippen LogP) is 8.29. The Balaban J connectivity index is 1.93. The Bertz CT molecular complexity index is 1510. The van der Waals surface area contributed by atoms with E-state index in [0.717, 1.165) is 16.7 Å². The van der Waals surface area contributed by atoms with Crippen molar-refractivity contribution in [3.8, 4) is 0 Å². The van der Waals surface area contributed by atoms with E-state index in [-0.39, 0.29) is 39.3 Å². The van der Waals surface area contributed by atoms with Gasteiger partial charge >= 0.3 is 13.8 Å². The average Bonchev–Trinajstić information content (AvgIpc) is 3.10. The lowest BCUT2D eigenvalue weighted by Crippen LogP contribution is -2.76. The van der Waals surface area contributed by atoms with Gasteiger partial charge in [0, 0.05) is 6.42 Å². The quantitative estimate of drug-likeness (QED) is 0.0920. The van der Waals surface area contributed by atoms with Crippen molar-refractivity contribution in [2.75, 3.05) is 6.61 Å². The van der Waals surface area contributed by atoms with E-state index in [9.17, 15) is 19.1 Å². The van der Waals surface area contributed by atoms with Crippen LogP contribution in [0.3, 0.4) is 0 Å². The molecule has 11 heteroatoms. The maximum atomic E-state index is 14.1. The van der Waals surface area contributed by atoms with Crippen molar-refractivity contribution in [3.05, 3.63) is 108 Å². The SMILES string of the molecule is CCCC[C@]1(OP(=O)(O)O)O[C@H](COCc2ccccc2)[C@H](OCc2ccccc2)[C@@H](OCc2ccccc2)[C@@]1(CCCC)OC(=O)C(C)(C)C. The van der Waals surface area contributed by atoms with E-state index in [1.807, 2.05) is 105 Å². The molecule has 0 bridgehead atoms. The zero-order chi connectivity index (χ0) is 37.0. The van der Waals surface area contributed by atoms with Crippen molar-refractivity contribution in [1.29, 1.82) is 0 Å². The van der Waals surface area contributed by atoms with Crippen LogP contribution in [-0.2, 0) is 57.4 Å². The third kappa shape index (κ3) is 11.3. The van der Waals surface area contributed by atoms with E-state index in [1.165, 1.54) is 0 Å². The second-order valence-electron chi connectivity index (χ2n) is 14.2. The third-order valence-electron chi connectivity index (χ3n) is 8.98. The monoisotopic (exact) mass is 726 g/mol. The summed E-state index contributed by atoms with van der Waals surface area (Å²) in [5.74, 6) is -2.72. The number of hydrogen-bond donors (Lipinski definition) is 2. The molecule has 51 heavy (non-hydrogen) atoms. The number of carbonyl (C=O) groups is 1. The van der Waals surface area contributed by atoms with Gasteiger partial charge in [-0.15, -0.1) is 0 Å². The van der Waals surface area contributed by atoms with Gasteiger partial charge in [0.1, 0.15) is 18.3 Å². The molecule has 0 unspecified atom stereocenters. The molecule has 280 valence electrons. The number of unbranched alkanes of at least 4 members (excludes halogenated alkanes) is 2. The largest absolute Gasteiger partial charge is 0.472 e. The number of hydrogen-bond acceptors (Lipinski definition) is 8. The number of phosphoric ester groups is 1. The fourth-order valence-corrected chi connectivity index (χ4v) is 7.00. The van der Waals surface area contributed by atoms with Gasteiger partial charge in [0.15, 0.2) is 5.60 Å². The molecule has 3 aromatic rings. The first kappa shape index (κ1) is 40.8. The van der Waals surface area contributed by atoms with Crippen molar-refractivity contribution in [2.24, 2.45) is 5.41 Å². The highest BCUT2D eigenvalue weighted by Gasteiger charge is 2.70. The van der Waals surface area contributed by atoms with Gasteiger partial charge in [0.05, 0.1) is 31.8 Å².